The number of benzene rings is 2. The number of aromatic hydroxyl groups is 1. The number of nitrogen functional groups attached to an aromatic ring is 1. The minimum Gasteiger partial charge on any atom is -0.507 e. The Balaban J connectivity index is 2.18. The third-order valence-electron chi connectivity index (χ3n) is 4.33. The van der Waals surface area contributed by atoms with Crippen molar-refractivity contribution < 1.29 is 5.11 Å². The van der Waals surface area contributed by atoms with Gasteiger partial charge >= 0.3 is 0 Å². The van der Waals surface area contributed by atoms with E-state index in [1.165, 1.54) is 0 Å². The molecule has 0 radical (unpaired) electrons. The highest BCUT2D eigenvalue weighted by molar-refractivity contribution is 5.87. The molecule has 0 unspecified atom stereocenters. The molecule has 2 aromatic rings. The van der Waals surface area contributed by atoms with Crippen LogP contribution >= 0.6 is 0 Å². The van der Waals surface area contributed by atoms with Crippen LogP contribution in [0.1, 0.15) is 25.0 Å². The summed E-state index contributed by atoms with van der Waals surface area (Å²) in [6.45, 7) is 5.98. The van der Waals surface area contributed by atoms with Crippen molar-refractivity contribution in [3.05, 3.63) is 47.5 Å². The van der Waals surface area contributed by atoms with Gasteiger partial charge in [0.1, 0.15) is 11.7 Å². The second-order valence-corrected chi connectivity index (χ2v) is 6.08. The van der Waals surface area contributed by atoms with Crippen molar-refractivity contribution in [3.8, 4) is 17.9 Å². The van der Waals surface area contributed by atoms with Gasteiger partial charge in [0.05, 0.1) is 23.5 Å². The summed E-state index contributed by atoms with van der Waals surface area (Å²) < 4.78 is 0. The summed E-state index contributed by atoms with van der Waals surface area (Å²) in [6.07, 6.45) is 1.83. The molecule has 0 aliphatic rings. The normalized spacial score (nSPS) is 10.7. The highest BCUT2D eigenvalue weighted by atomic mass is 16.3. The van der Waals surface area contributed by atoms with Crippen LogP contribution < -0.4 is 10.6 Å². The van der Waals surface area contributed by atoms with Gasteiger partial charge in [-0.15, -0.1) is 0 Å². The zero-order valence-corrected chi connectivity index (χ0v) is 15.6. The Labute approximate surface area is 159 Å². The van der Waals surface area contributed by atoms with Crippen LogP contribution in [-0.2, 0) is 6.42 Å². The molecule has 2 aromatic carbocycles. The molecule has 6 nitrogen and oxygen atoms in total. The standard InChI is InChI=1S/C21H23N5O/c1-3-26(4-2)18-7-8-20(19(24)11-18)25-14-17-6-5-15(10-21(17)27)9-16(12-22)13-23/h5-8,10-11,14,16,27H,3-4,9,24H2,1-2H3. The van der Waals surface area contributed by atoms with E-state index in [1.54, 1.807) is 24.4 Å². The maximum absolute atomic E-state index is 10.2. The molecular formula is C21H23N5O. The number of aliphatic imine (C=N–C) groups is 1. The maximum atomic E-state index is 10.2. The number of nitrogens with two attached hydrogens (primary N) is 1. The van der Waals surface area contributed by atoms with E-state index < -0.39 is 5.92 Å². The van der Waals surface area contributed by atoms with Crippen molar-refractivity contribution in [2.75, 3.05) is 23.7 Å². The molecule has 3 N–H and O–H groups in total. The van der Waals surface area contributed by atoms with Crippen molar-refractivity contribution in [1.82, 2.24) is 0 Å². The number of hydrogen-bond acceptors (Lipinski definition) is 6. The van der Waals surface area contributed by atoms with Crippen molar-refractivity contribution in [1.29, 1.82) is 10.5 Å². The number of phenols is 1. The van der Waals surface area contributed by atoms with Gasteiger partial charge in [0.2, 0.25) is 0 Å². The lowest BCUT2D eigenvalue weighted by molar-refractivity contribution is 0.473. The molecule has 6 heteroatoms. The lowest BCUT2D eigenvalue weighted by Crippen LogP contribution is -2.21. The van der Waals surface area contributed by atoms with Gasteiger partial charge in [-0.3, -0.25) is 4.99 Å². The molecule has 0 heterocycles. The van der Waals surface area contributed by atoms with Gasteiger partial charge in [-0.25, -0.2) is 0 Å². The van der Waals surface area contributed by atoms with E-state index in [0.717, 1.165) is 24.3 Å². The zero-order valence-electron chi connectivity index (χ0n) is 15.6. The van der Waals surface area contributed by atoms with E-state index in [4.69, 9.17) is 16.3 Å². The monoisotopic (exact) mass is 361 g/mol. The number of phenolic OH excluding ortho intramolecular Hbond substituents is 1. The van der Waals surface area contributed by atoms with Crippen LogP contribution in [0.15, 0.2) is 41.4 Å². The van der Waals surface area contributed by atoms with Crippen LogP contribution in [0, 0.1) is 28.6 Å². The summed E-state index contributed by atoms with van der Waals surface area (Å²) in [5, 5.41) is 27.9. The van der Waals surface area contributed by atoms with E-state index in [0.29, 0.717) is 16.9 Å². The van der Waals surface area contributed by atoms with E-state index >= 15 is 0 Å². The molecule has 0 amide bonds. The van der Waals surface area contributed by atoms with E-state index in [-0.39, 0.29) is 12.2 Å². The van der Waals surface area contributed by atoms with Gasteiger partial charge in [0.25, 0.3) is 0 Å². The molecule has 0 fully saturated rings. The number of nitrogens with zero attached hydrogens (tertiary/aromatic N) is 4. The molecule has 0 aromatic heterocycles. The highest BCUT2D eigenvalue weighted by Crippen LogP contribution is 2.28. The van der Waals surface area contributed by atoms with Crippen molar-refractivity contribution >= 4 is 23.3 Å². The van der Waals surface area contributed by atoms with Crippen molar-refractivity contribution in [2.24, 2.45) is 10.9 Å². The molecule has 27 heavy (non-hydrogen) atoms. The lowest BCUT2D eigenvalue weighted by Gasteiger charge is -2.21. The quantitative estimate of drug-likeness (QED) is 0.576. The van der Waals surface area contributed by atoms with Gasteiger partial charge in [-0.2, -0.15) is 10.5 Å². The van der Waals surface area contributed by atoms with Crippen LogP contribution in [0.4, 0.5) is 17.1 Å². The Kier molecular flexibility index (Phi) is 6.79. The molecule has 0 atom stereocenters. The first kappa shape index (κ1) is 19.8. The van der Waals surface area contributed by atoms with E-state index in [2.05, 4.69) is 23.7 Å². The fraction of sp³-hybridized carbons (Fsp3) is 0.286. The number of anilines is 2. The van der Waals surface area contributed by atoms with Crippen LogP contribution in [0.25, 0.3) is 0 Å². The summed E-state index contributed by atoms with van der Waals surface area (Å²) in [7, 11) is 0. The molecule has 0 aliphatic carbocycles. The third kappa shape index (κ3) is 4.99. The predicted molar refractivity (Wildman–Crippen MR) is 108 cm³/mol. The first-order valence-electron chi connectivity index (χ1n) is 8.82. The Morgan fingerprint density at radius 2 is 1.85 bits per heavy atom. The SMILES string of the molecule is CCN(CC)c1ccc(N=Cc2ccc(CC(C#N)C#N)cc2O)c(N)c1. The topological polar surface area (TPSA) is 109 Å². The molecule has 0 bridgehead atoms. The van der Waals surface area contributed by atoms with Gasteiger partial charge in [-0.1, -0.05) is 6.07 Å². The Bertz CT molecular complexity index is 890. The van der Waals surface area contributed by atoms with E-state index in [9.17, 15) is 5.11 Å². The Morgan fingerprint density at radius 3 is 2.41 bits per heavy atom. The highest BCUT2D eigenvalue weighted by Gasteiger charge is 2.09. The van der Waals surface area contributed by atoms with Crippen molar-refractivity contribution in [3.63, 3.8) is 0 Å². The first-order valence-corrected chi connectivity index (χ1v) is 8.82. The zero-order chi connectivity index (χ0) is 19.8. The smallest absolute Gasteiger partial charge is 0.137 e. The average Bonchev–Trinajstić information content (AvgIpc) is 2.67. The Hall–Kier alpha value is -3.51. The van der Waals surface area contributed by atoms with Gasteiger partial charge < -0.3 is 15.7 Å². The van der Waals surface area contributed by atoms with Crippen LogP contribution in [0.3, 0.4) is 0 Å². The summed E-state index contributed by atoms with van der Waals surface area (Å²) in [4.78, 5) is 6.58. The Morgan fingerprint density at radius 1 is 1.15 bits per heavy atom. The molecule has 0 saturated heterocycles. The maximum Gasteiger partial charge on any atom is 0.137 e. The van der Waals surface area contributed by atoms with Crippen LogP contribution in [0.2, 0.25) is 0 Å². The second-order valence-electron chi connectivity index (χ2n) is 6.08. The minimum atomic E-state index is -0.729. The van der Waals surface area contributed by atoms with Gasteiger partial charge in [0, 0.05) is 37.0 Å². The predicted octanol–water partition coefficient (Wildman–Crippen LogP) is 3.78. The molecule has 138 valence electrons. The third-order valence-corrected chi connectivity index (χ3v) is 4.33. The first-order chi connectivity index (χ1) is 13.0. The second kappa shape index (κ2) is 9.26. The molecule has 0 spiro atoms. The van der Waals surface area contributed by atoms with Crippen LogP contribution in [0.5, 0.6) is 5.75 Å². The average molecular weight is 361 g/mol. The van der Waals surface area contributed by atoms with Crippen molar-refractivity contribution in [2.45, 2.75) is 20.3 Å². The number of nitriles is 2. The summed E-state index contributed by atoms with van der Waals surface area (Å²) in [5.41, 5.74) is 9.62. The lowest BCUT2D eigenvalue weighted by atomic mass is 10.0. The summed E-state index contributed by atoms with van der Waals surface area (Å²) in [6, 6.07) is 14.6. The van der Waals surface area contributed by atoms with Crippen LogP contribution in [-0.4, -0.2) is 24.4 Å². The van der Waals surface area contributed by atoms with E-state index in [1.807, 2.05) is 30.3 Å². The molecule has 2 rings (SSSR count). The minimum absolute atomic E-state index is 0.0456. The molecule has 0 saturated carbocycles. The van der Waals surface area contributed by atoms with Gasteiger partial charge in [-0.05, 0) is 49.7 Å². The number of rotatable bonds is 7. The largest absolute Gasteiger partial charge is 0.507 e. The summed E-state index contributed by atoms with van der Waals surface area (Å²) in [5.74, 6) is -0.683. The fourth-order valence-electron chi connectivity index (χ4n) is 2.77. The number of hydrogen-bond donors (Lipinski definition) is 2. The van der Waals surface area contributed by atoms with Gasteiger partial charge in [0.15, 0.2) is 0 Å². The molecular weight excluding hydrogens is 338 g/mol. The summed E-state index contributed by atoms with van der Waals surface area (Å²) >= 11 is 0. The molecule has 0 aliphatic heterocycles. The fourth-order valence-corrected chi connectivity index (χ4v) is 2.77.